The van der Waals surface area contributed by atoms with Crippen molar-refractivity contribution in [3.8, 4) is 11.5 Å². The first-order chi connectivity index (χ1) is 10.7. The monoisotopic (exact) mass is 316 g/mol. The van der Waals surface area contributed by atoms with Crippen molar-refractivity contribution in [2.24, 2.45) is 0 Å². The van der Waals surface area contributed by atoms with E-state index in [4.69, 9.17) is 21.7 Å². The van der Waals surface area contributed by atoms with Gasteiger partial charge in [-0.05, 0) is 48.5 Å². The van der Waals surface area contributed by atoms with Gasteiger partial charge in [-0.3, -0.25) is 0 Å². The molecule has 2 rings (SSSR count). The number of methoxy groups -OCH3 is 2. The average Bonchev–Trinajstić information content (AvgIpc) is 2.55. The Bertz CT molecular complexity index is 642. The number of ether oxygens (including phenoxy) is 2. The molecule has 0 fully saturated rings. The van der Waals surface area contributed by atoms with E-state index in [1.165, 1.54) is 5.56 Å². The second-order valence-corrected chi connectivity index (χ2v) is 5.10. The molecule has 0 saturated heterocycles. The van der Waals surface area contributed by atoms with Crippen LogP contribution in [-0.2, 0) is 6.42 Å². The second kappa shape index (κ2) is 7.66. The van der Waals surface area contributed by atoms with Gasteiger partial charge in [-0.15, -0.1) is 0 Å². The van der Waals surface area contributed by atoms with Gasteiger partial charge >= 0.3 is 0 Å². The number of anilines is 2. The van der Waals surface area contributed by atoms with Gasteiger partial charge in [0, 0.05) is 11.8 Å². The van der Waals surface area contributed by atoms with Gasteiger partial charge in [0.25, 0.3) is 0 Å². The lowest BCUT2D eigenvalue weighted by Gasteiger charge is -2.14. The Morgan fingerprint density at radius 3 is 2.32 bits per heavy atom. The maximum Gasteiger partial charge on any atom is 0.175 e. The van der Waals surface area contributed by atoms with Gasteiger partial charge in [0.15, 0.2) is 5.11 Å². The molecule has 0 aliphatic carbocycles. The Kier molecular flexibility index (Phi) is 5.61. The third-order valence-corrected chi connectivity index (χ3v) is 3.48. The molecule has 0 heterocycles. The number of benzene rings is 2. The molecule has 2 aromatic carbocycles. The first kappa shape index (κ1) is 16.1. The van der Waals surface area contributed by atoms with Crippen molar-refractivity contribution in [1.29, 1.82) is 0 Å². The summed E-state index contributed by atoms with van der Waals surface area (Å²) >= 11 is 5.34. The molecular formula is C17H20N2O2S. The molecule has 0 amide bonds. The lowest BCUT2D eigenvalue weighted by Crippen LogP contribution is -2.19. The topological polar surface area (TPSA) is 42.5 Å². The highest BCUT2D eigenvalue weighted by atomic mass is 32.1. The van der Waals surface area contributed by atoms with Gasteiger partial charge in [-0.1, -0.05) is 19.1 Å². The van der Waals surface area contributed by atoms with Crippen LogP contribution in [0.2, 0.25) is 0 Å². The summed E-state index contributed by atoms with van der Waals surface area (Å²) < 4.78 is 10.5. The first-order valence-corrected chi connectivity index (χ1v) is 7.46. The van der Waals surface area contributed by atoms with Crippen LogP contribution in [0.1, 0.15) is 12.5 Å². The number of thiocarbonyl (C=S) groups is 1. The van der Waals surface area contributed by atoms with E-state index < -0.39 is 0 Å². The Balaban J connectivity index is 2.04. The van der Waals surface area contributed by atoms with Gasteiger partial charge in [0.05, 0.1) is 19.9 Å². The third kappa shape index (κ3) is 4.11. The van der Waals surface area contributed by atoms with Crippen LogP contribution in [0.4, 0.5) is 11.4 Å². The van der Waals surface area contributed by atoms with Crippen molar-refractivity contribution in [2.45, 2.75) is 13.3 Å². The number of hydrogen-bond acceptors (Lipinski definition) is 3. The molecule has 0 bridgehead atoms. The van der Waals surface area contributed by atoms with E-state index in [1.807, 2.05) is 24.3 Å². The molecule has 0 radical (unpaired) electrons. The normalized spacial score (nSPS) is 9.95. The molecule has 2 aromatic rings. The second-order valence-electron chi connectivity index (χ2n) is 4.70. The van der Waals surface area contributed by atoms with Crippen LogP contribution in [-0.4, -0.2) is 19.3 Å². The van der Waals surface area contributed by atoms with Crippen LogP contribution in [0, 0.1) is 0 Å². The van der Waals surface area contributed by atoms with Crippen molar-refractivity contribution in [1.82, 2.24) is 0 Å². The summed E-state index contributed by atoms with van der Waals surface area (Å²) in [5.41, 5.74) is 3.02. The molecule has 4 nitrogen and oxygen atoms in total. The van der Waals surface area contributed by atoms with Crippen LogP contribution in [0.25, 0.3) is 0 Å². The predicted octanol–water partition coefficient (Wildman–Crippen LogP) is 4.08. The summed E-state index contributed by atoms with van der Waals surface area (Å²) in [6, 6.07) is 13.7. The highest BCUT2D eigenvalue weighted by Crippen LogP contribution is 2.29. The van der Waals surface area contributed by atoms with Crippen molar-refractivity contribution < 1.29 is 9.47 Å². The summed E-state index contributed by atoms with van der Waals surface area (Å²) in [6.07, 6.45) is 1.02. The molecule has 5 heteroatoms. The molecule has 0 spiro atoms. The molecule has 0 aliphatic heterocycles. The van der Waals surface area contributed by atoms with Crippen molar-refractivity contribution >= 4 is 28.7 Å². The maximum atomic E-state index is 5.34. The molecule has 22 heavy (non-hydrogen) atoms. The first-order valence-electron chi connectivity index (χ1n) is 7.05. The zero-order chi connectivity index (χ0) is 15.9. The third-order valence-electron chi connectivity index (χ3n) is 3.28. The Hall–Kier alpha value is -2.27. The molecule has 0 unspecified atom stereocenters. The number of rotatable bonds is 5. The van der Waals surface area contributed by atoms with Gasteiger partial charge in [-0.25, -0.2) is 0 Å². The summed E-state index contributed by atoms with van der Waals surface area (Å²) in [4.78, 5) is 0. The Labute approximate surface area is 136 Å². The molecule has 2 N–H and O–H groups in total. The molecule has 0 atom stereocenters. The Morgan fingerprint density at radius 2 is 1.73 bits per heavy atom. The predicted molar refractivity (Wildman–Crippen MR) is 95.2 cm³/mol. The zero-order valence-corrected chi connectivity index (χ0v) is 13.8. The maximum absolute atomic E-state index is 5.34. The largest absolute Gasteiger partial charge is 0.497 e. The summed E-state index contributed by atoms with van der Waals surface area (Å²) in [6.45, 7) is 2.13. The van der Waals surface area contributed by atoms with Crippen molar-refractivity contribution in [2.75, 3.05) is 24.9 Å². The summed E-state index contributed by atoms with van der Waals surface area (Å²) in [5.74, 6) is 1.40. The minimum absolute atomic E-state index is 0.507. The Morgan fingerprint density at radius 1 is 1.00 bits per heavy atom. The van der Waals surface area contributed by atoms with Crippen LogP contribution < -0.4 is 20.1 Å². The van der Waals surface area contributed by atoms with Gasteiger partial charge in [-0.2, -0.15) is 0 Å². The van der Waals surface area contributed by atoms with Crippen molar-refractivity contribution in [3.05, 3.63) is 48.0 Å². The minimum Gasteiger partial charge on any atom is -0.497 e. The SMILES string of the molecule is CCc1ccc(NC(=S)Nc2ccc(OC)cc2OC)cc1. The number of aryl methyl sites for hydroxylation is 1. The standard InChI is InChI=1S/C17H20N2O2S/c1-4-12-5-7-13(8-6-12)18-17(22)19-15-10-9-14(20-2)11-16(15)21-3/h5-11H,4H2,1-3H3,(H2,18,19,22). The molecule has 0 aromatic heterocycles. The lowest BCUT2D eigenvalue weighted by atomic mass is 10.1. The van der Waals surface area contributed by atoms with E-state index in [0.717, 1.165) is 23.5 Å². The van der Waals surface area contributed by atoms with E-state index in [1.54, 1.807) is 20.3 Å². The van der Waals surface area contributed by atoms with E-state index in [2.05, 4.69) is 29.7 Å². The number of hydrogen-bond donors (Lipinski definition) is 2. The van der Waals surface area contributed by atoms with Crippen LogP contribution in [0.3, 0.4) is 0 Å². The van der Waals surface area contributed by atoms with Crippen molar-refractivity contribution in [3.63, 3.8) is 0 Å². The average molecular weight is 316 g/mol. The fourth-order valence-electron chi connectivity index (χ4n) is 2.01. The fourth-order valence-corrected chi connectivity index (χ4v) is 2.24. The molecule has 116 valence electrons. The van der Waals surface area contributed by atoms with E-state index in [-0.39, 0.29) is 0 Å². The number of nitrogens with one attached hydrogen (secondary N) is 2. The van der Waals surface area contributed by atoms with Gasteiger partial charge in [0.2, 0.25) is 0 Å². The molecular weight excluding hydrogens is 296 g/mol. The minimum atomic E-state index is 0.507. The van der Waals surface area contributed by atoms with Crippen LogP contribution >= 0.6 is 12.2 Å². The van der Waals surface area contributed by atoms with Gasteiger partial charge < -0.3 is 20.1 Å². The highest BCUT2D eigenvalue weighted by Gasteiger charge is 2.07. The molecule has 0 aliphatic rings. The fraction of sp³-hybridized carbons (Fsp3) is 0.235. The summed E-state index contributed by atoms with van der Waals surface area (Å²) in [7, 11) is 3.23. The zero-order valence-electron chi connectivity index (χ0n) is 13.0. The van der Waals surface area contributed by atoms with E-state index >= 15 is 0 Å². The molecule has 0 saturated carbocycles. The van der Waals surface area contributed by atoms with E-state index in [9.17, 15) is 0 Å². The smallest absolute Gasteiger partial charge is 0.175 e. The lowest BCUT2D eigenvalue weighted by molar-refractivity contribution is 0.395. The van der Waals surface area contributed by atoms with Crippen LogP contribution in [0.5, 0.6) is 11.5 Å². The van der Waals surface area contributed by atoms with E-state index in [0.29, 0.717) is 10.9 Å². The highest BCUT2D eigenvalue weighted by molar-refractivity contribution is 7.80. The van der Waals surface area contributed by atoms with Crippen LogP contribution in [0.15, 0.2) is 42.5 Å². The van der Waals surface area contributed by atoms with Gasteiger partial charge in [0.1, 0.15) is 11.5 Å². The quantitative estimate of drug-likeness (QED) is 0.814. The summed E-state index contributed by atoms with van der Waals surface area (Å²) in [5, 5.41) is 6.79.